The zero-order valence-corrected chi connectivity index (χ0v) is 10.0. The smallest absolute Gasteiger partial charge is 0.295 e. The highest BCUT2D eigenvalue weighted by atomic mass is 35.5. The lowest BCUT2D eigenvalue weighted by molar-refractivity contribution is 0.429. The number of rotatable bonds is 2. The maximum absolute atomic E-state index is 13.1. The van der Waals surface area contributed by atoms with Gasteiger partial charge in [-0.2, -0.15) is 9.97 Å². The number of hydrogen-bond acceptors (Lipinski definition) is 6. The molecular weight excluding hydrogens is 275 g/mol. The molecule has 7 nitrogen and oxygen atoms in total. The quantitative estimate of drug-likeness (QED) is 0.742. The predicted octanol–water partition coefficient (Wildman–Crippen LogP) is 1.90. The molecule has 96 valence electrons. The molecule has 0 radical (unpaired) electrons. The third-order valence-corrected chi connectivity index (χ3v) is 2.60. The van der Waals surface area contributed by atoms with E-state index < -0.39 is 5.82 Å². The lowest BCUT2D eigenvalue weighted by Crippen LogP contribution is -1.86. The monoisotopic (exact) mass is 280 g/mol. The minimum Gasteiger partial charge on any atom is -0.366 e. The molecule has 0 saturated carbocycles. The van der Waals surface area contributed by atoms with E-state index in [1.807, 2.05) is 0 Å². The molecule has 3 N–H and O–H groups in total. The van der Waals surface area contributed by atoms with Crippen LogP contribution in [0.4, 0.5) is 10.3 Å². The second-order valence-electron chi connectivity index (χ2n) is 3.59. The fourth-order valence-corrected chi connectivity index (χ4v) is 1.62. The van der Waals surface area contributed by atoms with Gasteiger partial charge >= 0.3 is 0 Å². The summed E-state index contributed by atoms with van der Waals surface area (Å²) in [6.07, 6.45) is 0. The van der Waals surface area contributed by atoms with Gasteiger partial charge in [-0.25, -0.2) is 4.39 Å². The molecule has 0 saturated heterocycles. The number of benzene rings is 1. The fourth-order valence-electron chi connectivity index (χ4n) is 1.44. The van der Waals surface area contributed by atoms with Crippen molar-refractivity contribution >= 4 is 17.5 Å². The number of nitrogen functional groups attached to an aromatic ring is 1. The van der Waals surface area contributed by atoms with Crippen molar-refractivity contribution in [1.29, 1.82) is 0 Å². The second kappa shape index (κ2) is 4.32. The van der Waals surface area contributed by atoms with E-state index in [4.69, 9.17) is 21.9 Å². The number of nitrogens with one attached hydrogen (secondary N) is 1. The van der Waals surface area contributed by atoms with Crippen LogP contribution in [-0.2, 0) is 0 Å². The second-order valence-corrected chi connectivity index (χ2v) is 4.00. The van der Waals surface area contributed by atoms with Crippen LogP contribution in [0, 0.1) is 5.82 Å². The van der Waals surface area contributed by atoms with Gasteiger partial charge in [-0.15, -0.1) is 5.10 Å². The van der Waals surface area contributed by atoms with Gasteiger partial charge in [-0.3, -0.25) is 5.10 Å². The number of aromatic amines is 1. The highest BCUT2D eigenvalue weighted by Crippen LogP contribution is 2.24. The van der Waals surface area contributed by atoms with E-state index in [1.54, 1.807) is 0 Å². The molecule has 0 unspecified atom stereocenters. The molecule has 1 aromatic carbocycles. The lowest BCUT2D eigenvalue weighted by atomic mass is 10.2. The molecule has 0 atom stereocenters. The summed E-state index contributed by atoms with van der Waals surface area (Å²) in [6.45, 7) is 0. The fraction of sp³-hybridized carbons (Fsp3) is 0. The van der Waals surface area contributed by atoms with Crippen LogP contribution in [0.15, 0.2) is 22.7 Å². The summed E-state index contributed by atoms with van der Waals surface area (Å²) in [6, 6.07) is 4.12. The molecule has 19 heavy (non-hydrogen) atoms. The van der Waals surface area contributed by atoms with Gasteiger partial charge < -0.3 is 10.3 Å². The molecule has 0 aliphatic rings. The first kappa shape index (κ1) is 11.6. The van der Waals surface area contributed by atoms with Crippen LogP contribution in [0.3, 0.4) is 0 Å². The van der Waals surface area contributed by atoms with E-state index in [-0.39, 0.29) is 28.5 Å². The Balaban J connectivity index is 1.98. The largest absolute Gasteiger partial charge is 0.366 e. The van der Waals surface area contributed by atoms with Crippen molar-refractivity contribution in [2.45, 2.75) is 0 Å². The Labute approximate surface area is 110 Å². The summed E-state index contributed by atoms with van der Waals surface area (Å²) in [4.78, 5) is 7.94. The first-order valence-electron chi connectivity index (χ1n) is 5.11. The number of halogens is 2. The first-order valence-corrected chi connectivity index (χ1v) is 5.48. The molecular formula is C10H6ClFN6O. The van der Waals surface area contributed by atoms with Gasteiger partial charge in [-0.05, 0) is 18.2 Å². The number of H-pyrrole nitrogens is 1. The highest BCUT2D eigenvalue weighted by molar-refractivity contribution is 6.31. The Kier molecular flexibility index (Phi) is 2.64. The van der Waals surface area contributed by atoms with Crippen molar-refractivity contribution in [3.8, 4) is 23.1 Å². The van der Waals surface area contributed by atoms with E-state index in [0.29, 0.717) is 5.56 Å². The molecule has 2 heterocycles. The Morgan fingerprint density at radius 1 is 1.32 bits per heavy atom. The Hall–Kier alpha value is -2.48. The number of nitrogens with zero attached hydrogens (tertiary/aromatic N) is 4. The van der Waals surface area contributed by atoms with Crippen molar-refractivity contribution in [1.82, 2.24) is 25.3 Å². The van der Waals surface area contributed by atoms with Crippen LogP contribution in [0.1, 0.15) is 0 Å². The Morgan fingerprint density at radius 2 is 2.16 bits per heavy atom. The summed E-state index contributed by atoms with van der Waals surface area (Å²) >= 11 is 5.68. The van der Waals surface area contributed by atoms with Gasteiger partial charge in [0.1, 0.15) is 5.82 Å². The average Bonchev–Trinajstić information content (AvgIpc) is 3.01. The van der Waals surface area contributed by atoms with Crippen LogP contribution < -0.4 is 5.73 Å². The van der Waals surface area contributed by atoms with Crippen LogP contribution in [-0.4, -0.2) is 25.3 Å². The van der Waals surface area contributed by atoms with Gasteiger partial charge in [0.25, 0.3) is 5.89 Å². The molecule has 9 heteroatoms. The van der Waals surface area contributed by atoms with Gasteiger partial charge in [0.05, 0.1) is 5.02 Å². The SMILES string of the molecule is Nc1n[nH]c(-c2nc(-c3ccc(F)c(Cl)c3)no2)n1. The average molecular weight is 281 g/mol. The molecule has 0 amide bonds. The topological polar surface area (TPSA) is 107 Å². The number of aromatic nitrogens is 5. The maximum Gasteiger partial charge on any atom is 0.295 e. The lowest BCUT2D eigenvalue weighted by Gasteiger charge is -1.96. The molecule has 0 aliphatic heterocycles. The summed E-state index contributed by atoms with van der Waals surface area (Å²) in [7, 11) is 0. The van der Waals surface area contributed by atoms with E-state index >= 15 is 0 Å². The molecule has 0 fully saturated rings. The molecule has 2 aromatic heterocycles. The normalized spacial score (nSPS) is 10.8. The van der Waals surface area contributed by atoms with Gasteiger partial charge in [-0.1, -0.05) is 16.8 Å². The minimum atomic E-state index is -0.517. The summed E-state index contributed by atoms with van der Waals surface area (Å²) in [5, 5.41) is 9.91. The Morgan fingerprint density at radius 3 is 2.84 bits per heavy atom. The van der Waals surface area contributed by atoms with Gasteiger partial charge in [0.15, 0.2) is 0 Å². The highest BCUT2D eigenvalue weighted by Gasteiger charge is 2.14. The van der Waals surface area contributed by atoms with Gasteiger partial charge in [0, 0.05) is 5.56 Å². The van der Waals surface area contributed by atoms with E-state index in [0.717, 1.165) is 0 Å². The van der Waals surface area contributed by atoms with Crippen molar-refractivity contribution in [2.24, 2.45) is 0 Å². The van der Waals surface area contributed by atoms with Crippen LogP contribution >= 0.6 is 11.6 Å². The predicted molar refractivity (Wildman–Crippen MR) is 64.5 cm³/mol. The minimum absolute atomic E-state index is 0.0206. The molecule has 3 aromatic rings. The van der Waals surface area contributed by atoms with E-state index in [9.17, 15) is 4.39 Å². The molecule has 3 rings (SSSR count). The summed E-state index contributed by atoms with van der Waals surface area (Å²) in [5.41, 5.74) is 5.89. The van der Waals surface area contributed by atoms with Crippen molar-refractivity contribution in [3.05, 3.63) is 29.0 Å². The third-order valence-electron chi connectivity index (χ3n) is 2.31. The Bertz CT molecular complexity index is 739. The standard InChI is InChI=1S/C10H6ClFN6O/c11-5-3-4(1-2-6(5)12)7-14-9(19-18-7)8-15-10(13)17-16-8/h1-3H,(H3,13,15,16,17). The van der Waals surface area contributed by atoms with Crippen LogP contribution in [0.25, 0.3) is 23.1 Å². The summed E-state index contributed by atoms with van der Waals surface area (Å²) < 4.78 is 18.1. The van der Waals surface area contributed by atoms with Crippen molar-refractivity contribution in [2.75, 3.05) is 5.73 Å². The maximum atomic E-state index is 13.1. The molecule has 0 spiro atoms. The van der Waals surface area contributed by atoms with Crippen molar-refractivity contribution in [3.63, 3.8) is 0 Å². The van der Waals surface area contributed by atoms with Gasteiger partial charge in [0.2, 0.25) is 17.6 Å². The number of anilines is 1. The zero-order valence-electron chi connectivity index (χ0n) is 9.26. The van der Waals surface area contributed by atoms with Crippen molar-refractivity contribution < 1.29 is 8.91 Å². The molecule has 0 aliphatic carbocycles. The number of nitrogens with two attached hydrogens (primary N) is 1. The van der Waals surface area contributed by atoms with Crippen LogP contribution in [0.5, 0.6) is 0 Å². The van der Waals surface area contributed by atoms with E-state index in [1.165, 1.54) is 18.2 Å². The summed E-state index contributed by atoms with van der Waals surface area (Å²) in [5.74, 6) is 0.188. The zero-order chi connectivity index (χ0) is 13.4. The number of hydrogen-bond donors (Lipinski definition) is 2. The van der Waals surface area contributed by atoms with Crippen LogP contribution in [0.2, 0.25) is 5.02 Å². The third kappa shape index (κ3) is 2.13. The van der Waals surface area contributed by atoms with E-state index in [2.05, 4.69) is 25.3 Å². The molecule has 0 bridgehead atoms. The first-order chi connectivity index (χ1) is 9.13.